The summed E-state index contributed by atoms with van der Waals surface area (Å²) in [5, 5.41) is 0.318. The minimum Gasteiger partial charge on any atom is -0.259 e. The van der Waals surface area contributed by atoms with Crippen molar-refractivity contribution in [2.45, 2.75) is 32.6 Å². The van der Waals surface area contributed by atoms with Gasteiger partial charge in [0.15, 0.2) is 0 Å². The number of alkyl halides is 2. The summed E-state index contributed by atoms with van der Waals surface area (Å²) < 4.78 is 26.4. The molecular formula is C10H12ClF2N. The number of aryl methyl sites for hydroxylation is 1. The van der Waals surface area contributed by atoms with Gasteiger partial charge in [-0.15, -0.1) is 0 Å². The quantitative estimate of drug-likeness (QED) is 0.754. The van der Waals surface area contributed by atoms with E-state index < -0.39 is 5.92 Å². The normalized spacial score (nSPS) is 11.8. The number of halogens is 3. The van der Waals surface area contributed by atoms with Gasteiger partial charge in [-0.2, -0.15) is 0 Å². The van der Waals surface area contributed by atoms with E-state index >= 15 is 0 Å². The average molecular weight is 220 g/mol. The Morgan fingerprint density at radius 3 is 2.50 bits per heavy atom. The first-order valence-corrected chi connectivity index (χ1v) is 4.91. The Labute approximate surface area is 87.1 Å². The standard InChI is InChI=1S/C10H12ClF2N/c1-3-9-8(11)5-7(6-14-9)10(12,13)4-2/h5-6H,3-4H2,1-2H3. The summed E-state index contributed by atoms with van der Waals surface area (Å²) in [6.45, 7) is 3.31. The largest absolute Gasteiger partial charge is 0.274 e. The fourth-order valence-electron chi connectivity index (χ4n) is 1.13. The average Bonchev–Trinajstić information content (AvgIpc) is 2.17. The molecule has 78 valence electrons. The molecule has 0 saturated heterocycles. The van der Waals surface area contributed by atoms with Crippen LogP contribution in [0.5, 0.6) is 0 Å². The highest BCUT2D eigenvalue weighted by molar-refractivity contribution is 6.31. The maximum Gasteiger partial charge on any atom is 0.274 e. The highest BCUT2D eigenvalue weighted by Crippen LogP contribution is 2.32. The molecule has 1 nitrogen and oxygen atoms in total. The van der Waals surface area contributed by atoms with Crippen LogP contribution in [0.25, 0.3) is 0 Å². The van der Waals surface area contributed by atoms with Gasteiger partial charge in [0, 0.05) is 18.2 Å². The summed E-state index contributed by atoms with van der Waals surface area (Å²) in [5.41, 5.74) is 0.546. The molecule has 0 aliphatic heterocycles. The van der Waals surface area contributed by atoms with Crippen LogP contribution in [0.1, 0.15) is 31.5 Å². The molecule has 14 heavy (non-hydrogen) atoms. The maximum absolute atomic E-state index is 13.2. The fourth-order valence-corrected chi connectivity index (χ4v) is 1.43. The molecule has 0 amide bonds. The van der Waals surface area contributed by atoms with Crippen LogP contribution in [0.3, 0.4) is 0 Å². The van der Waals surface area contributed by atoms with Crippen molar-refractivity contribution in [1.82, 2.24) is 4.98 Å². The van der Waals surface area contributed by atoms with E-state index in [4.69, 9.17) is 11.6 Å². The van der Waals surface area contributed by atoms with Crippen molar-refractivity contribution >= 4 is 11.6 Å². The summed E-state index contributed by atoms with van der Waals surface area (Å²) in [6.07, 6.45) is 1.61. The molecule has 1 heterocycles. The maximum atomic E-state index is 13.2. The monoisotopic (exact) mass is 219 g/mol. The minimum absolute atomic E-state index is 0.109. The first-order chi connectivity index (χ1) is 6.51. The zero-order chi connectivity index (χ0) is 10.8. The van der Waals surface area contributed by atoms with Crippen LogP contribution in [0.4, 0.5) is 8.78 Å². The van der Waals surface area contributed by atoms with Crippen LogP contribution in [0.2, 0.25) is 5.02 Å². The smallest absolute Gasteiger partial charge is 0.259 e. The molecule has 0 atom stereocenters. The number of pyridine rings is 1. The Kier molecular flexibility index (Phi) is 3.43. The lowest BCUT2D eigenvalue weighted by molar-refractivity contribution is -0.00863. The first-order valence-electron chi connectivity index (χ1n) is 4.54. The van der Waals surface area contributed by atoms with E-state index in [0.29, 0.717) is 17.1 Å². The lowest BCUT2D eigenvalue weighted by Gasteiger charge is -2.14. The van der Waals surface area contributed by atoms with Gasteiger partial charge >= 0.3 is 0 Å². The third kappa shape index (κ3) is 2.21. The molecule has 0 aromatic carbocycles. The fraction of sp³-hybridized carbons (Fsp3) is 0.500. The second kappa shape index (κ2) is 4.22. The zero-order valence-electron chi connectivity index (χ0n) is 8.15. The van der Waals surface area contributed by atoms with Crippen LogP contribution >= 0.6 is 11.6 Å². The second-order valence-corrected chi connectivity index (χ2v) is 3.47. The van der Waals surface area contributed by atoms with E-state index in [2.05, 4.69) is 4.98 Å². The molecule has 0 aliphatic rings. The van der Waals surface area contributed by atoms with Gasteiger partial charge in [-0.1, -0.05) is 25.4 Å². The summed E-state index contributed by atoms with van der Waals surface area (Å²) in [5.74, 6) is -2.83. The van der Waals surface area contributed by atoms with Gasteiger partial charge in [0.25, 0.3) is 5.92 Å². The van der Waals surface area contributed by atoms with E-state index in [1.165, 1.54) is 19.2 Å². The van der Waals surface area contributed by atoms with Crippen molar-refractivity contribution in [3.63, 3.8) is 0 Å². The van der Waals surface area contributed by atoms with Gasteiger partial charge in [0.2, 0.25) is 0 Å². The summed E-state index contributed by atoms with van der Waals surface area (Å²) in [6, 6.07) is 1.30. The molecule has 0 N–H and O–H groups in total. The molecule has 0 bridgehead atoms. The van der Waals surface area contributed by atoms with Gasteiger partial charge in [-0.3, -0.25) is 4.98 Å². The Morgan fingerprint density at radius 1 is 1.43 bits per heavy atom. The summed E-state index contributed by atoms with van der Waals surface area (Å²) in [4.78, 5) is 3.90. The lowest BCUT2D eigenvalue weighted by Crippen LogP contribution is -2.12. The number of nitrogens with zero attached hydrogens (tertiary/aromatic N) is 1. The number of hydrogen-bond donors (Lipinski definition) is 0. The van der Waals surface area contributed by atoms with E-state index in [-0.39, 0.29) is 12.0 Å². The first kappa shape index (κ1) is 11.4. The van der Waals surface area contributed by atoms with E-state index in [1.807, 2.05) is 6.92 Å². The number of rotatable bonds is 3. The van der Waals surface area contributed by atoms with Crippen LogP contribution in [0, 0.1) is 0 Å². The molecule has 1 aromatic heterocycles. The number of hydrogen-bond acceptors (Lipinski definition) is 1. The van der Waals surface area contributed by atoms with Gasteiger partial charge in [0.05, 0.1) is 10.7 Å². The highest BCUT2D eigenvalue weighted by atomic mass is 35.5. The molecule has 0 unspecified atom stereocenters. The molecule has 0 saturated carbocycles. The summed E-state index contributed by atoms with van der Waals surface area (Å²) >= 11 is 5.80. The molecule has 0 radical (unpaired) electrons. The van der Waals surface area contributed by atoms with E-state index in [0.717, 1.165) is 0 Å². The molecule has 1 rings (SSSR count). The lowest BCUT2D eigenvalue weighted by atomic mass is 10.1. The van der Waals surface area contributed by atoms with Gasteiger partial charge in [0.1, 0.15) is 0 Å². The third-order valence-electron chi connectivity index (χ3n) is 2.12. The van der Waals surface area contributed by atoms with Crippen LogP contribution < -0.4 is 0 Å². The Bertz CT molecular complexity index is 326. The molecule has 0 spiro atoms. The van der Waals surface area contributed by atoms with Crippen LogP contribution in [-0.2, 0) is 12.3 Å². The molecule has 0 fully saturated rings. The molecule has 4 heteroatoms. The molecule has 1 aromatic rings. The minimum atomic E-state index is -2.83. The SMILES string of the molecule is CCc1ncc(C(F)(F)CC)cc1Cl. The van der Waals surface area contributed by atoms with Crippen molar-refractivity contribution in [3.05, 3.63) is 28.5 Å². The topological polar surface area (TPSA) is 12.9 Å². The molecule has 0 aliphatic carbocycles. The van der Waals surface area contributed by atoms with E-state index in [9.17, 15) is 8.78 Å². The van der Waals surface area contributed by atoms with E-state index in [1.54, 1.807) is 0 Å². The highest BCUT2D eigenvalue weighted by Gasteiger charge is 2.29. The van der Waals surface area contributed by atoms with Crippen LogP contribution in [0.15, 0.2) is 12.3 Å². The van der Waals surface area contributed by atoms with Gasteiger partial charge in [-0.05, 0) is 12.5 Å². The van der Waals surface area contributed by atoms with Gasteiger partial charge in [-0.25, -0.2) is 8.78 Å². The number of aromatic nitrogens is 1. The molecular weight excluding hydrogens is 208 g/mol. The van der Waals surface area contributed by atoms with Gasteiger partial charge < -0.3 is 0 Å². The Hall–Kier alpha value is -0.700. The second-order valence-electron chi connectivity index (χ2n) is 3.06. The predicted molar refractivity (Wildman–Crippen MR) is 52.8 cm³/mol. The third-order valence-corrected chi connectivity index (χ3v) is 2.45. The Balaban J connectivity index is 3.08. The van der Waals surface area contributed by atoms with Crippen LogP contribution in [-0.4, -0.2) is 4.98 Å². The zero-order valence-corrected chi connectivity index (χ0v) is 8.91. The predicted octanol–water partition coefficient (Wildman–Crippen LogP) is 3.80. The van der Waals surface area contributed by atoms with Crippen molar-refractivity contribution in [1.29, 1.82) is 0 Å². The van der Waals surface area contributed by atoms with Crippen molar-refractivity contribution in [2.75, 3.05) is 0 Å². The summed E-state index contributed by atoms with van der Waals surface area (Å²) in [7, 11) is 0. The van der Waals surface area contributed by atoms with Crippen molar-refractivity contribution in [3.8, 4) is 0 Å². The van der Waals surface area contributed by atoms with Crippen molar-refractivity contribution < 1.29 is 8.78 Å². The Morgan fingerprint density at radius 2 is 2.07 bits per heavy atom. The van der Waals surface area contributed by atoms with Crippen molar-refractivity contribution in [2.24, 2.45) is 0 Å².